The van der Waals surface area contributed by atoms with E-state index in [1.54, 1.807) is 0 Å². The van der Waals surface area contributed by atoms with Crippen LogP contribution in [0.2, 0.25) is 0 Å². The Balaban J connectivity index is 1.42. The number of pyridine rings is 1. The first-order chi connectivity index (χ1) is 17.4. The highest BCUT2D eigenvalue weighted by molar-refractivity contribution is 7.26. The first kappa shape index (κ1) is 20.1. The molecule has 164 valence electrons. The van der Waals surface area contributed by atoms with Crippen molar-refractivity contribution in [2.75, 3.05) is 0 Å². The van der Waals surface area contributed by atoms with Crippen molar-refractivity contribution < 1.29 is 0 Å². The Labute approximate surface area is 208 Å². The molecule has 0 amide bonds. The van der Waals surface area contributed by atoms with Crippen molar-refractivity contribution in [2.45, 2.75) is 0 Å². The standard InChI is InChI=1S/C33H21NS/c1-2-10-26-23(7-1)8-3-12-28(26)29-13-5-15-31-30-14-4-11-27(32(30)35-33(29)31)24-18-16-22(17-19-24)25-9-6-20-34-21-25/h1-21H. The third-order valence-electron chi connectivity index (χ3n) is 6.79. The molecule has 0 fully saturated rings. The van der Waals surface area contributed by atoms with Gasteiger partial charge in [0.2, 0.25) is 0 Å². The van der Waals surface area contributed by atoms with Crippen LogP contribution >= 0.6 is 11.3 Å². The minimum Gasteiger partial charge on any atom is -0.264 e. The smallest absolute Gasteiger partial charge is 0.0434 e. The van der Waals surface area contributed by atoms with E-state index >= 15 is 0 Å². The molecule has 1 nitrogen and oxygen atoms in total. The van der Waals surface area contributed by atoms with E-state index in [2.05, 4.69) is 114 Å². The second kappa shape index (κ2) is 8.19. The Morgan fingerprint density at radius 1 is 0.429 bits per heavy atom. The summed E-state index contributed by atoms with van der Waals surface area (Å²) in [5.74, 6) is 0. The summed E-state index contributed by atoms with van der Waals surface area (Å²) < 4.78 is 2.68. The highest BCUT2D eigenvalue weighted by Gasteiger charge is 2.15. The molecule has 0 atom stereocenters. The van der Waals surface area contributed by atoms with Gasteiger partial charge in [0.25, 0.3) is 0 Å². The maximum atomic E-state index is 4.26. The predicted molar refractivity (Wildman–Crippen MR) is 151 cm³/mol. The molecular weight excluding hydrogens is 442 g/mol. The Bertz CT molecular complexity index is 1820. The number of hydrogen-bond donors (Lipinski definition) is 0. The van der Waals surface area contributed by atoms with E-state index in [4.69, 9.17) is 0 Å². The summed E-state index contributed by atoms with van der Waals surface area (Å²) in [5, 5.41) is 5.22. The van der Waals surface area contributed by atoms with Gasteiger partial charge in [0.1, 0.15) is 0 Å². The van der Waals surface area contributed by atoms with Crippen LogP contribution in [0, 0.1) is 0 Å². The Morgan fingerprint density at radius 3 is 1.86 bits per heavy atom. The molecule has 0 aliphatic carbocycles. The van der Waals surface area contributed by atoms with E-state index in [0.29, 0.717) is 0 Å². The van der Waals surface area contributed by atoms with Crippen molar-refractivity contribution in [3.8, 4) is 33.4 Å². The van der Waals surface area contributed by atoms with Crippen molar-refractivity contribution in [1.29, 1.82) is 0 Å². The highest BCUT2D eigenvalue weighted by atomic mass is 32.1. The number of benzene rings is 5. The van der Waals surface area contributed by atoms with Gasteiger partial charge in [-0.15, -0.1) is 11.3 Å². The first-order valence-electron chi connectivity index (χ1n) is 11.8. The zero-order chi connectivity index (χ0) is 23.2. The van der Waals surface area contributed by atoms with E-state index in [1.165, 1.54) is 58.8 Å². The molecule has 0 spiro atoms. The van der Waals surface area contributed by atoms with E-state index in [1.807, 2.05) is 29.8 Å². The molecule has 7 aromatic rings. The number of thiophene rings is 1. The van der Waals surface area contributed by atoms with Crippen molar-refractivity contribution in [2.24, 2.45) is 0 Å². The van der Waals surface area contributed by atoms with Crippen molar-refractivity contribution in [3.63, 3.8) is 0 Å². The van der Waals surface area contributed by atoms with Gasteiger partial charge >= 0.3 is 0 Å². The summed E-state index contributed by atoms with van der Waals surface area (Å²) in [7, 11) is 0. The second-order valence-electron chi connectivity index (χ2n) is 8.81. The van der Waals surface area contributed by atoms with Gasteiger partial charge in [-0.25, -0.2) is 0 Å². The van der Waals surface area contributed by atoms with Crippen molar-refractivity contribution in [1.82, 2.24) is 4.98 Å². The maximum absolute atomic E-state index is 4.26. The number of nitrogens with zero attached hydrogens (tertiary/aromatic N) is 1. The van der Waals surface area contributed by atoms with Crippen LogP contribution in [0.1, 0.15) is 0 Å². The molecule has 7 rings (SSSR count). The van der Waals surface area contributed by atoms with Gasteiger partial charge in [-0.05, 0) is 44.7 Å². The van der Waals surface area contributed by atoms with Crippen LogP contribution in [0.5, 0.6) is 0 Å². The molecule has 0 aliphatic heterocycles. The number of aromatic nitrogens is 1. The average molecular weight is 464 g/mol. The zero-order valence-corrected chi connectivity index (χ0v) is 19.8. The summed E-state index contributed by atoms with van der Waals surface area (Å²) in [5.41, 5.74) is 7.44. The molecule has 2 aromatic heterocycles. The lowest BCUT2D eigenvalue weighted by atomic mass is 9.96. The molecule has 0 N–H and O–H groups in total. The minimum atomic E-state index is 1.14. The van der Waals surface area contributed by atoms with Gasteiger partial charge in [0, 0.05) is 38.1 Å². The van der Waals surface area contributed by atoms with E-state index < -0.39 is 0 Å². The lowest BCUT2D eigenvalue weighted by Gasteiger charge is -2.08. The zero-order valence-electron chi connectivity index (χ0n) is 19.0. The molecule has 0 saturated carbocycles. The SMILES string of the molecule is c1cncc(-c2ccc(-c3cccc4c3sc3c(-c5cccc6ccccc56)cccc34)cc2)c1. The predicted octanol–water partition coefficient (Wildman–Crippen LogP) is 9.60. The van der Waals surface area contributed by atoms with Gasteiger partial charge in [-0.1, -0.05) is 109 Å². The average Bonchev–Trinajstić information content (AvgIpc) is 3.33. The second-order valence-corrected chi connectivity index (χ2v) is 9.83. The number of hydrogen-bond acceptors (Lipinski definition) is 2. The van der Waals surface area contributed by atoms with Crippen LogP contribution < -0.4 is 0 Å². The highest BCUT2D eigenvalue weighted by Crippen LogP contribution is 2.44. The van der Waals surface area contributed by atoms with Gasteiger partial charge in [0.15, 0.2) is 0 Å². The van der Waals surface area contributed by atoms with E-state index in [-0.39, 0.29) is 0 Å². The topological polar surface area (TPSA) is 12.9 Å². The lowest BCUT2D eigenvalue weighted by molar-refractivity contribution is 1.33. The molecule has 5 aromatic carbocycles. The summed E-state index contributed by atoms with van der Waals surface area (Å²) in [6.45, 7) is 0. The summed E-state index contributed by atoms with van der Waals surface area (Å²) in [6.07, 6.45) is 3.73. The van der Waals surface area contributed by atoms with Crippen molar-refractivity contribution >= 4 is 42.3 Å². The largest absolute Gasteiger partial charge is 0.264 e. The fraction of sp³-hybridized carbons (Fsp3) is 0. The Hall–Kier alpha value is -4.27. The van der Waals surface area contributed by atoms with Gasteiger partial charge in [-0.3, -0.25) is 4.98 Å². The van der Waals surface area contributed by atoms with Crippen LogP contribution in [0.4, 0.5) is 0 Å². The minimum absolute atomic E-state index is 1.14. The summed E-state index contributed by atoms with van der Waals surface area (Å²) >= 11 is 1.90. The summed E-state index contributed by atoms with van der Waals surface area (Å²) in [6, 6.07) is 41.6. The van der Waals surface area contributed by atoms with E-state index in [0.717, 1.165) is 5.56 Å². The monoisotopic (exact) mass is 463 g/mol. The third-order valence-corrected chi connectivity index (χ3v) is 8.08. The number of fused-ring (bicyclic) bond motifs is 4. The molecule has 0 unspecified atom stereocenters. The molecular formula is C33H21NS. The fourth-order valence-electron chi connectivity index (χ4n) is 5.10. The van der Waals surface area contributed by atoms with Crippen LogP contribution in [-0.2, 0) is 0 Å². The molecule has 0 bridgehead atoms. The molecule has 35 heavy (non-hydrogen) atoms. The number of rotatable bonds is 3. The Morgan fingerprint density at radius 2 is 1.06 bits per heavy atom. The maximum Gasteiger partial charge on any atom is 0.0434 e. The first-order valence-corrected chi connectivity index (χ1v) is 12.6. The van der Waals surface area contributed by atoms with Crippen LogP contribution in [0.15, 0.2) is 128 Å². The Kier molecular flexibility index (Phi) is 4.71. The molecule has 2 heteroatoms. The van der Waals surface area contributed by atoms with E-state index in [9.17, 15) is 0 Å². The lowest BCUT2D eigenvalue weighted by Crippen LogP contribution is -1.82. The third kappa shape index (κ3) is 3.34. The summed E-state index contributed by atoms with van der Waals surface area (Å²) in [4.78, 5) is 4.26. The fourth-order valence-corrected chi connectivity index (χ4v) is 6.46. The van der Waals surface area contributed by atoms with Crippen LogP contribution in [0.3, 0.4) is 0 Å². The normalized spacial score (nSPS) is 11.4. The van der Waals surface area contributed by atoms with Crippen molar-refractivity contribution in [3.05, 3.63) is 128 Å². The van der Waals surface area contributed by atoms with Gasteiger partial charge in [0.05, 0.1) is 0 Å². The molecule has 0 aliphatic rings. The molecule has 0 saturated heterocycles. The van der Waals surface area contributed by atoms with Crippen LogP contribution in [-0.4, -0.2) is 4.98 Å². The molecule has 0 radical (unpaired) electrons. The quantitative estimate of drug-likeness (QED) is 0.254. The molecule has 2 heterocycles. The van der Waals surface area contributed by atoms with Gasteiger partial charge < -0.3 is 0 Å². The van der Waals surface area contributed by atoms with Crippen LogP contribution in [0.25, 0.3) is 64.3 Å². The van der Waals surface area contributed by atoms with Gasteiger partial charge in [-0.2, -0.15) is 0 Å².